The number of carbonyl (C=O) groups excluding carboxylic acids is 2. The third-order valence-electron chi connectivity index (χ3n) is 5.43. The number of ether oxygens (including phenoxy) is 1. The summed E-state index contributed by atoms with van der Waals surface area (Å²) in [5.41, 5.74) is 2.36. The highest BCUT2D eigenvalue weighted by molar-refractivity contribution is 7.14. The first-order valence-electron chi connectivity index (χ1n) is 10.5. The van der Waals surface area contributed by atoms with Gasteiger partial charge in [0.25, 0.3) is 5.78 Å². The number of aliphatic hydroxyl groups is 1. The number of aliphatic hydroxyl groups excluding tert-OH is 1. The van der Waals surface area contributed by atoms with Crippen molar-refractivity contribution in [2.75, 3.05) is 11.5 Å². The molecule has 1 aromatic heterocycles. The van der Waals surface area contributed by atoms with Gasteiger partial charge in [0.1, 0.15) is 11.5 Å². The van der Waals surface area contributed by atoms with Gasteiger partial charge in [0.2, 0.25) is 0 Å². The zero-order chi connectivity index (χ0) is 22.8. The van der Waals surface area contributed by atoms with Crippen LogP contribution in [0.15, 0.2) is 65.7 Å². The van der Waals surface area contributed by atoms with Crippen molar-refractivity contribution in [3.05, 3.63) is 82.4 Å². The zero-order valence-corrected chi connectivity index (χ0v) is 18.9. The summed E-state index contributed by atoms with van der Waals surface area (Å²) in [6.07, 6.45) is 1.59. The van der Waals surface area contributed by atoms with Crippen LogP contribution in [0.3, 0.4) is 0 Å². The number of carbonyl (C=O) groups is 2. The summed E-state index contributed by atoms with van der Waals surface area (Å²) in [6.45, 7) is 6.61. The van der Waals surface area contributed by atoms with E-state index in [1.165, 1.54) is 16.2 Å². The lowest BCUT2D eigenvalue weighted by molar-refractivity contribution is -0.132. The van der Waals surface area contributed by atoms with Gasteiger partial charge in [-0.1, -0.05) is 38.1 Å². The normalized spacial score (nSPS) is 17.9. The molecular weight excluding hydrogens is 424 g/mol. The molecule has 1 N–H and O–H groups in total. The second-order valence-electron chi connectivity index (χ2n) is 7.76. The Morgan fingerprint density at radius 3 is 2.38 bits per heavy atom. The molecule has 1 aliphatic rings. The number of nitrogens with zero attached hydrogens (tertiary/aromatic N) is 2. The van der Waals surface area contributed by atoms with Gasteiger partial charge in [0, 0.05) is 17.1 Å². The molecule has 1 aliphatic heterocycles. The van der Waals surface area contributed by atoms with Gasteiger partial charge in [-0.05, 0) is 48.2 Å². The van der Waals surface area contributed by atoms with Crippen LogP contribution in [0, 0.1) is 0 Å². The smallest absolute Gasteiger partial charge is 0.301 e. The van der Waals surface area contributed by atoms with Crippen LogP contribution in [0.1, 0.15) is 49.4 Å². The Kier molecular flexibility index (Phi) is 6.10. The molecule has 0 saturated carbocycles. The molecule has 0 aliphatic carbocycles. The van der Waals surface area contributed by atoms with E-state index < -0.39 is 17.7 Å². The first kappa shape index (κ1) is 21.8. The van der Waals surface area contributed by atoms with Crippen LogP contribution < -0.4 is 9.64 Å². The first-order chi connectivity index (χ1) is 15.4. The summed E-state index contributed by atoms with van der Waals surface area (Å²) in [4.78, 5) is 31.7. The average Bonchev–Trinajstić information content (AvgIpc) is 3.41. The fourth-order valence-corrected chi connectivity index (χ4v) is 4.44. The predicted molar refractivity (Wildman–Crippen MR) is 125 cm³/mol. The average molecular weight is 449 g/mol. The SMILES string of the molecule is CCOc1ccc(/C(O)=C2\C(=O)C(=O)N(c3nccs3)[C@@H]2c2ccc(C(C)C)cc2)cc1. The van der Waals surface area contributed by atoms with Crippen LogP contribution in [-0.4, -0.2) is 28.4 Å². The lowest BCUT2D eigenvalue weighted by Gasteiger charge is -2.23. The van der Waals surface area contributed by atoms with Crippen molar-refractivity contribution < 1.29 is 19.4 Å². The molecule has 7 heteroatoms. The molecule has 164 valence electrons. The summed E-state index contributed by atoms with van der Waals surface area (Å²) in [7, 11) is 0. The van der Waals surface area contributed by atoms with E-state index in [1.807, 2.05) is 31.2 Å². The predicted octanol–water partition coefficient (Wildman–Crippen LogP) is 5.29. The minimum atomic E-state index is -0.770. The fourth-order valence-electron chi connectivity index (χ4n) is 3.77. The van der Waals surface area contributed by atoms with E-state index in [4.69, 9.17) is 4.74 Å². The number of hydrogen-bond acceptors (Lipinski definition) is 6. The van der Waals surface area contributed by atoms with Crippen LogP contribution in [0.5, 0.6) is 5.75 Å². The number of aromatic nitrogens is 1. The second-order valence-corrected chi connectivity index (χ2v) is 8.64. The molecule has 0 spiro atoms. The number of hydrogen-bond donors (Lipinski definition) is 1. The molecule has 1 amide bonds. The monoisotopic (exact) mass is 448 g/mol. The highest BCUT2D eigenvalue weighted by Gasteiger charge is 2.47. The van der Waals surface area contributed by atoms with Crippen LogP contribution in [0.4, 0.5) is 5.13 Å². The molecule has 2 heterocycles. The molecule has 1 atom stereocenters. The number of Topliss-reactive ketones (excluding diaryl/α,β-unsaturated/α-hetero) is 1. The largest absolute Gasteiger partial charge is 0.507 e. The van der Waals surface area contributed by atoms with Gasteiger partial charge in [0.05, 0.1) is 18.2 Å². The molecule has 2 aromatic carbocycles. The van der Waals surface area contributed by atoms with E-state index in [-0.39, 0.29) is 11.3 Å². The van der Waals surface area contributed by atoms with Gasteiger partial charge in [-0.25, -0.2) is 4.98 Å². The van der Waals surface area contributed by atoms with E-state index in [0.29, 0.717) is 29.0 Å². The molecule has 1 saturated heterocycles. The molecule has 1 fully saturated rings. The van der Waals surface area contributed by atoms with E-state index in [9.17, 15) is 14.7 Å². The Bertz CT molecular complexity index is 1150. The minimum Gasteiger partial charge on any atom is -0.507 e. The van der Waals surface area contributed by atoms with Crippen molar-refractivity contribution >= 4 is 33.9 Å². The fraction of sp³-hybridized carbons (Fsp3) is 0.240. The van der Waals surface area contributed by atoms with Crippen molar-refractivity contribution in [1.29, 1.82) is 0 Å². The van der Waals surface area contributed by atoms with Crippen molar-refractivity contribution in [2.24, 2.45) is 0 Å². The molecule has 6 nitrogen and oxygen atoms in total. The van der Waals surface area contributed by atoms with Crippen molar-refractivity contribution in [3.8, 4) is 5.75 Å². The lowest BCUT2D eigenvalue weighted by atomic mass is 9.93. The summed E-state index contributed by atoms with van der Waals surface area (Å²) in [6, 6.07) is 13.8. The number of ketones is 1. The van der Waals surface area contributed by atoms with Gasteiger partial charge in [0.15, 0.2) is 5.13 Å². The molecule has 0 radical (unpaired) electrons. The van der Waals surface area contributed by atoms with Crippen LogP contribution in [0.25, 0.3) is 5.76 Å². The number of benzene rings is 2. The number of rotatable bonds is 6. The van der Waals surface area contributed by atoms with Crippen molar-refractivity contribution in [2.45, 2.75) is 32.7 Å². The Morgan fingerprint density at radius 2 is 1.81 bits per heavy atom. The Balaban J connectivity index is 1.85. The third-order valence-corrected chi connectivity index (χ3v) is 6.20. The highest BCUT2D eigenvalue weighted by Crippen LogP contribution is 2.43. The summed E-state index contributed by atoms with van der Waals surface area (Å²) < 4.78 is 5.46. The van der Waals surface area contributed by atoms with Crippen LogP contribution in [0.2, 0.25) is 0 Å². The summed E-state index contributed by atoms with van der Waals surface area (Å²) in [5, 5.41) is 13.3. The van der Waals surface area contributed by atoms with E-state index in [1.54, 1.807) is 35.8 Å². The van der Waals surface area contributed by atoms with E-state index >= 15 is 0 Å². The maximum absolute atomic E-state index is 13.1. The van der Waals surface area contributed by atoms with Gasteiger partial charge in [-0.2, -0.15) is 0 Å². The van der Waals surface area contributed by atoms with Gasteiger partial charge in [-0.3, -0.25) is 14.5 Å². The molecule has 32 heavy (non-hydrogen) atoms. The molecule has 3 aromatic rings. The summed E-state index contributed by atoms with van der Waals surface area (Å²) >= 11 is 1.27. The highest BCUT2D eigenvalue weighted by atomic mass is 32.1. The molecule has 4 rings (SSSR count). The third kappa shape index (κ3) is 3.91. The topological polar surface area (TPSA) is 79.7 Å². The van der Waals surface area contributed by atoms with Gasteiger partial charge < -0.3 is 9.84 Å². The molecule has 0 unspecified atom stereocenters. The molecule has 0 bridgehead atoms. The minimum absolute atomic E-state index is 0.0478. The molecular formula is C25H24N2O4S. The van der Waals surface area contributed by atoms with Crippen LogP contribution >= 0.6 is 11.3 Å². The van der Waals surface area contributed by atoms with Crippen molar-refractivity contribution in [1.82, 2.24) is 4.98 Å². The standard InChI is InChI=1S/C25H24N2O4S/c1-4-31-19-11-9-18(10-12-19)22(28)20-21(17-7-5-16(6-8-17)15(2)3)27(24(30)23(20)29)25-26-13-14-32-25/h5-15,21,28H,4H2,1-3H3/b22-20+/t21-/m1/s1. The Hall–Kier alpha value is -3.45. The number of thiazole rings is 1. The van der Waals surface area contributed by atoms with Crippen molar-refractivity contribution in [3.63, 3.8) is 0 Å². The summed E-state index contributed by atoms with van der Waals surface area (Å²) in [5.74, 6) is -0.648. The van der Waals surface area contributed by atoms with E-state index in [2.05, 4.69) is 18.8 Å². The van der Waals surface area contributed by atoms with Gasteiger partial charge >= 0.3 is 5.91 Å². The number of amides is 1. The lowest BCUT2D eigenvalue weighted by Crippen LogP contribution is -2.29. The Labute approximate surface area is 190 Å². The number of anilines is 1. The zero-order valence-electron chi connectivity index (χ0n) is 18.1. The Morgan fingerprint density at radius 1 is 1.12 bits per heavy atom. The quantitative estimate of drug-likeness (QED) is 0.315. The first-order valence-corrected chi connectivity index (χ1v) is 11.3. The second kappa shape index (κ2) is 8.96. The maximum atomic E-state index is 13.1. The maximum Gasteiger partial charge on any atom is 0.301 e. The van der Waals surface area contributed by atoms with Gasteiger partial charge in [-0.15, -0.1) is 11.3 Å². The van der Waals surface area contributed by atoms with E-state index in [0.717, 1.165) is 11.1 Å². The van der Waals surface area contributed by atoms with Crippen LogP contribution in [-0.2, 0) is 9.59 Å².